The molecule has 4 rings (SSSR count). The number of hydrogen-bond acceptors (Lipinski definition) is 7. The van der Waals surface area contributed by atoms with Crippen LogP contribution in [0.2, 0.25) is 0 Å². The quantitative estimate of drug-likeness (QED) is 0.768. The minimum absolute atomic E-state index is 0.383. The van der Waals surface area contributed by atoms with Crippen molar-refractivity contribution in [1.29, 1.82) is 0 Å². The summed E-state index contributed by atoms with van der Waals surface area (Å²) < 4.78 is 7.86. The molecule has 1 N–H and O–H groups in total. The van der Waals surface area contributed by atoms with Crippen molar-refractivity contribution in [3.63, 3.8) is 0 Å². The Morgan fingerprint density at radius 3 is 3.22 bits per heavy atom. The minimum atomic E-state index is 0.383. The average molecular weight is 347 g/mol. The second-order valence-corrected chi connectivity index (χ2v) is 7.28. The van der Waals surface area contributed by atoms with Gasteiger partial charge in [0.05, 0.1) is 18.9 Å². The topological polar surface area (TPSA) is 64.9 Å². The van der Waals surface area contributed by atoms with Crippen LogP contribution < -0.4 is 5.32 Å². The van der Waals surface area contributed by atoms with E-state index in [1.807, 2.05) is 16.3 Å². The molecule has 0 saturated heterocycles. The summed E-state index contributed by atoms with van der Waals surface area (Å²) in [6, 6.07) is 2.08. The van der Waals surface area contributed by atoms with Crippen molar-refractivity contribution in [1.82, 2.24) is 25.3 Å². The molecular weight excluding hydrogens is 330 g/mol. The molecule has 0 amide bonds. The number of rotatable bonds is 5. The first kappa shape index (κ1) is 14.9. The van der Waals surface area contributed by atoms with Crippen LogP contribution in [0.25, 0.3) is 11.3 Å². The monoisotopic (exact) mass is 347 g/mol. The van der Waals surface area contributed by atoms with Gasteiger partial charge in [-0.1, -0.05) is 5.21 Å². The third kappa shape index (κ3) is 3.35. The van der Waals surface area contributed by atoms with Gasteiger partial charge in [-0.05, 0) is 11.4 Å². The summed E-state index contributed by atoms with van der Waals surface area (Å²) in [6.45, 7) is 3.82. The lowest BCUT2D eigenvalue weighted by Crippen LogP contribution is -2.28. The van der Waals surface area contributed by atoms with E-state index in [0.717, 1.165) is 48.2 Å². The standard InChI is InChI=1S/C15H17N5OS2/c1-3-22-10-12(1)15-13-9-21-8-11(7-20(13)19-18-15)5-16-6-14-17-2-4-23-14/h1-4,10-11,16H,5-9H2/t11-/m0/s1. The summed E-state index contributed by atoms with van der Waals surface area (Å²) in [5, 5.41) is 19.4. The number of aromatic nitrogens is 4. The van der Waals surface area contributed by atoms with Crippen molar-refractivity contribution in [3.05, 3.63) is 39.1 Å². The van der Waals surface area contributed by atoms with Crippen molar-refractivity contribution in [2.24, 2.45) is 5.92 Å². The van der Waals surface area contributed by atoms with Crippen molar-refractivity contribution in [2.75, 3.05) is 13.2 Å². The summed E-state index contributed by atoms with van der Waals surface area (Å²) >= 11 is 3.34. The predicted molar refractivity (Wildman–Crippen MR) is 90.3 cm³/mol. The Kier molecular flexibility index (Phi) is 4.47. The third-order valence-electron chi connectivity index (χ3n) is 3.85. The molecule has 1 atom stereocenters. The molecule has 0 aliphatic carbocycles. The Hall–Kier alpha value is -1.61. The van der Waals surface area contributed by atoms with Crippen LogP contribution in [0.1, 0.15) is 10.7 Å². The molecule has 0 saturated carbocycles. The molecule has 4 heterocycles. The number of thiazole rings is 1. The van der Waals surface area contributed by atoms with Gasteiger partial charge in [-0.25, -0.2) is 9.67 Å². The summed E-state index contributed by atoms with van der Waals surface area (Å²) in [4.78, 5) is 4.28. The van der Waals surface area contributed by atoms with Gasteiger partial charge < -0.3 is 10.1 Å². The number of thiophene rings is 1. The van der Waals surface area contributed by atoms with E-state index in [9.17, 15) is 0 Å². The molecular formula is C15H17N5OS2. The Balaban J connectivity index is 1.41. The van der Waals surface area contributed by atoms with Crippen LogP contribution in [0.4, 0.5) is 0 Å². The SMILES string of the molecule is c1csc(CNC[C@@H]2COCc3c(-c4ccsc4)nnn3C2)n1. The van der Waals surface area contributed by atoms with E-state index in [-0.39, 0.29) is 0 Å². The molecule has 6 nitrogen and oxygen atoms in total. The second kappa shape index (κ2) is 6.88. The van der Waals surface area contributed by atoms with Crippen LogP contribution in [-0.4, -0.2) is 33.1 Å². The van der Waals surface area contributed by atoms with Crippen molar-refractivity contribution >= 4 is 22.7 Å². The van der Waals surface area contributed by atoms with Crippen molar-refractivity contribution < 1.29 is 4.74 Å². The van der Waals surface area contributed by atoms with E-state index in [1.165, 1.54) is 0 Å². The van der Waals surface area contributed by atoms with Crippen molar-refractivity contribution in [3.8, 4) is 11.3 Å². The van der Waals surface area contributed by atoms with Crippen LogP contribution in [0.5, 0.6) is 0 Å². The zero-order chi connectivity index (χ0) is 15.5. The molecule has 0 aromatic carbocycles. The first-order chi connectivity index (χ1) is 11.4. The summed E-state index contributed by atoms with van der Waals surface area (Å²) in [6.07, 6.45) is 1.84. The Morgan fingerprint density at radius 1 is 1.39 bits per heavy atom. The zero-order valence-corrected chi connectivity index (χ0v) is 14.1. The summed E-state index contributed by atoms with van der Waals surface area (Å²) in [5.41, 5.74) is 3.15. The molecule has 3 aromatic rings. The van der Waals surface area contributed by atoms with Gasteiger partial charge >= 0.3 is 0 Å². The average Bonchev–Trinajstić information content (AvgIpc) is 3.28. The molecule has 23 heavy (non-hydrogen) atoms. The van der Waals surface area contributed by atoms with Gasteiger partial charge in [0.25, 0.3) is 0 Å². The maximum atomic E-state index is 5.87. The minimum Gasteiger partial charge on any atom is -0.375 e. The fourth-order valence-electron chi connectivity index (χ4n) is 2.71. The molecule has 120 valence electrons. The highest BCUT2D eigenvalue weighted by atomic mass is 32.1. The summed E-state index contributed by atoms with van der Waals surface area (Å²) in [5.74, 6) is 0.383. The van der Waals surface area contributed by atoms with Gasteiger partial charge in [-0.3, -0.25) is 0 Å². The molecule has 1 aliphatic heterocycles. The molecule has 0 unspecified atom stereocenters. The van der Waals surface area contributed by atoms with E-state index >= 15 is 0 Å². The van der Waals surface area contributed by atoms with Gasteiger partial charge in [-0.2, -0.15) is 11.3 Å². The van der Waals surface area contributed by atoms with Gasteiger partial charge in [-0.15, -0.1) is 16.4 Å². The molecule has 3 aromatic heterocycles. The van der Waals surface area contributed by atoms with Gasteiger partial charge in [0.1, 0.15) is 10.7 Å². The molecule has 0 radical (unpaired) electrons. The Morgan fingerprint density at radius 2 is 2.39 bits per heavy atom. The molecule has 0 fully saturated rings. The van der Waals surface area contributed by atoms with Crippen LogP contribution in [-0.2, 0) is 24.4 Å². The number of nitrogens with zero attached hydrogens (tertiary/aromatic N) is 4. The van der Waals surface area contributed by atoms with E-state index in [0.29, 0.717) is 12.5 Å². The van der Waals surface area contributed by atoms with Gasteiger partial charge in [0, 0.05) is 48.1 Å². The van der Waals surface area contributed by atoms with E-state index in [1.54, 1.807) is 22.7 Å². The lowest BCUT2D eigenvalue weighted by Gasteiger charge is -2.14. The highest BCUT2D eigenvalue weighted by Gasteiger charge is 2.22. The maximum absolute atomic E-state index is 5.87. The highest BCUT2D eigenvalue weighted by Crippen LogP contribution is 2.26. The lowest BCUT2D eigenvalue weighted by atomic mass is 10.1. The predicted octanol–water partition coefficient (Wildman–Crippen LogP) is 2.40. The number of ether oxygens (including phenoxy) is 1. The van der Waals surface area contributed by atoms with Gasteiger partial charge in [0.15, 0.2) is 0 Å². The first-order valence-electron chi connectivity index (χ1n) is 7.52. The number of hydrogen-bond donors (Lipinski definition) is 1. The fraction of sp³-hybridized carbons (Fsp3) is 0.400. The molecule has 0 spiro atoms. The fourth-order valence-corrected chi connectivity index (χ4v) is 3.94. The maximum Gasteiger partial charge on any atom is 0.119 e. The Bertz CT molecular complexity index is 738. The van der Waals surface area contributed by atoms with E-state index < -0.39 is 0 Å². The highest BCUT2D eigenvalue weighted by molar-refractivity contribution is 7.09. The normalized spacial score (nSPS) is 17.8. The molecule has 8 heteroatoms. The largest absolute Gasteiger partial charge is 0.375 e. The van der Waals surface area contributed by atoms with E-state index in [2.05, 4.69) is 37.4 Å². The number of fused-ring (bicyclic) bond motifs is 1. The zero-order valence-electron chi connectivity index (χ0n) is 12.5. The first-order valence-corrected chi connectivity index (χ1v) is 9.34. The van der Waals surface area contributed by atoms with Crippen LogP contribution >= 0.6 is 22.7 Å². The van der Waals surface area contributed by atoms with Crippen LogP contribution in [0, 0.1) is 5.92 Å². The summed E-state index contributed by atoms with van der Waals surface area (Å²) in [7, 11) is 0. The third-order valence-corrected chi connectivity index (χ3v) is 5.31. The van der Waals surface area contributed by atoms with Crippen molar-refractivity contribution in [2.45, 2.75) is 19.7 Å². The van der Waals surface area contributed by atoms with Crippen LogP contribution in [0.3, 0.4) is 0 Å². The molecule has 1 aliphatic rings. The smallest absolute Gasteiger partial charge is 0.119 e. The molecule has 0 bridgehead atoms. The Labute approximate surface area is 142 Å². The lowest BCUT2D eigenvalue weighted by molar-refractivity contribution is 0.0941. The van der Waals surface area contributed by atoms with E-state index in [4.69, 9.17) is 4.74 Å². The van der Waals surface area contributed by atoms with Gasteiger partial charge in [0.2, 0.25) is 0 Å². The second-order valence-electron chi connectivity index (χ2n) is 5.52. The number of nitrogens with one attached hydrogen (secondary N) is 1. The van der Waals surface area contributed by atoms with Crippen LogP contribution in [0.15, 0.2) is 28.4 Å².